The number of aromatic nitrogens is 4. The number of hydrogen-bond acceptors (Lipinski definition) is 7. The van der Waals surface area contributed by atoms with Gasteiger partial charge in [-0.05, 0) is 23.8 Å². The Bertz CT molecular complexity index is 1480. The molecule has 7 nitrogen and oxygen atoms in total. The number of aryl methyl sites for hydroxylation is 1. The standard InChI is InChI=1S/C26H24ClN5O2S/c1-32-13-11-29-25(32)24-30-23(28-12-14-33-2)21-20(16-7-5-4-6-8-16)22(35-26(21)31-24)18-15-17(34-3)9-10-19(18)27/h4-11,13,15H,12,14H2,1-3H3,(H,28,30,31). The van der Waals surface area contributed by atoms with E-state index in [4.69, 9.17) is 31.0 Å². The molecular formula is C26H24ClN5O2S. The van der Waals surface area contributed by atoms with E-state index in [0.29, 0.717) is 29.8 Å². The number of halogens is 1. The smallest absolute Gasteiger partial charge is 0.199 e. The van der Waals surface area contributed by atoms with Crippen molar-refractivity contribution >= 4 is 39.0 Å². The van der Waals surface area contributed by atoms with Gasteiger partial charge in [0, 0.05) is 54.1 Å². The first-order valence-electron chi connectivity index (χ1n) is 11.0. The number of anilines is 1. The molecule has 2 aromatic carbocycles. The predicted molar refractivity (Wildman–Crippen MR) is 142 cm³/mol. The van der Waals surface area contributed by atoms with Crippen molar-refractivity contribution in [1.29, 1.82) is 0 Å². The summed E-state index contributed by atoms with van der Waals surface area (Å²) in [6.07, 6.45) is 3.62. The third-order valence-electron chi connectivity index (χ3n) is 5.65. The summed E-state index contributed by atoms with van der Waals surface area (Å²) >= 11 is 8.30. The molecule has 0 saturated heterocycles. The first-order valence-corrected chi connectivity index (χ1v) is 12.2. The van der Waals surface area contributed by atoms with Crippen LogP contribution in [-0.4, -0.2) is 46.9 Å². The maximum atomic E-state index is 6.72. The quantitative estimate of drug-likeness (QED) is 0.255. The highest BCUT2D eigenvalue weighted by molar-refractivity contribution is 7.22. The Hall–Kier alpha value is -3.46. The molecule has 0 radical (unpaired) electrons. The Morgan fingerprint density at radius 1 is 1.09 bits per heavy atom. The van der Waals surface area contributed by atoms with E-state index in [0.717, 1.165) is 43.4 Å². The van der Waals surface area contributed by atoms with Crippen LogP contribution in [0.25, 0.3) is 43.4 Å². The third-order valence-corrected chi connectivity index (χ3v) is 7.10. The molecule has 0 unspecified atom stereocenters. The SMILES string of the molecule is COCCNc1nc(-c2nccn2C)nc2sc(-c3cc(OC)ccc3Cl)c(-c3ccccc3)c12. The van der Waals surface area contributed by atoms with Crippen LogP contribution < -0.4 is 10.1 Å². The number of ether oxygens (including phenoxy) is 2. The van der Waals surface area contributed by atoms with Crippen molar-refractivity contribution in [1.82, 2.24) is 19.5 Å². The molecule has 9 heteroatoms. The molecule has 3 aromatic heterocycles. The summed E-state index contributed by atoms with van der Waals surface area (Å²) in [6.45, 7) is 1.14. The maximum Gasteiger partial charge on any atom is 0.199 e. The molecule has 0 aliphatic heterocycles. The predicted octanol–water partition coefficient (Wildman–Crippen LogP) is 6.15. The van der Waals surface area contributed by atoms with Crippen molar-refractivity contribution in [3.05, 3.63) is 65.9 Å². The second-order valence-corrected chi connectivity index (χ2v) is 9.28. The molecule has 5 rings (SSSR count). The van der Waals surface area contributed by atoms with Crippen LogP contribution in [0.3, 0.4) is 0 Å². The number of thiophene rings is 1. The van der Waals surface area contributed by atoms with Gasteiger partial charge >= 0.3 is 0 Å². The summed E-state index contributed by atoms with van der Waals surface area (Å²) in [4.78, 5) is 16.2. The largest absolute Gasteiger partial charge is 0.497 e. The van der Waals surface area contributed by atoms with E-state index in [1.54, 1.807) is 31.8 Å². The number of nitrogens with one attached hydrogen (secondary N) is 1. The highest BCUT2D eigenvalue weighted by Crippen LogP contribution is 2.49. The van der Waals surface area contributed by atoms with Gasteiger partial charge < -0.3 is 19.4 Å². The van der Waals surface area contributed by atoms with Crippen molar-refractivity contribution in [3.63, 3.8) is 0 Å². The molecule has 5 aromatic rings. The normalized spacial score (nSPS) is 11.2. The van der Waals surface area contributed by atoms with Crippen LogP contribution in [0.1, 0.15) is 0 Å². The third kappa shape index (κ3) is 4.48. The Labute approximate surface area is 212 Å². The summed E-state index contributed by atoms with van der Waals surface area (Å²) in [5, 5.41) is 5.03. The van der Waals surface area contributed by atoms with E-state index in [2.05, 4.69) is 22.4 Å². The minimum atomic E-state index is 0.544. The first-order chi connectivity index (χ1) is 17.1. The molecule has 178 valence electrons. The summed E-state index contributed by atoms with van der Waals surface area (Å²) in [5.74, 6) is 2.70. The van der Waals surface area contributed by atoms with Crippen molar-refractivity contribution in [3.8, 4) is 39.0 Å². The van der Waals surface area contributed by atoms with Gasteiger partial charge in [-0.15, -0.1) is 11.3 Å². The van der Waals surface area contributed by atoms with E-state index >= 15 is 0 Å². The molecule has 0 spiro atoms. The van der Waals surface area contributed by atoms with Crippen molar-refractivity contribution in [2.24, 2.45) is 7.05 Å². The molecule has 0 fully saturated rings. The summed E-state index contributed by atoms with van der Waals surface area (Å²) in [7, 11) is 5.26. The lowest BCUT2D eigenvalue weighted by molar-refractivity contribution is 0.210. The Morgan fingerprint density at radius 3 is 2.63 bits per heavy atom. The number of nitrogens with zero attached hydrogens (tertiary/aromatic N) is 4. The summed E-state index contributed by atoms with van der Waals surface area (Å²) in [6, 6.07) is 15.9. The molecule has 0 atom stereocenters. The zero-order valence-electron chi connectivity index (χ0n) is 19.6. The minimum Gasteiger partial charge on any atom is -0.497 e. The lowest BCUT2D eigenvalue weighted by Crippen LogP contribution is -2.10. The second kappa shape index (κ2) is 10.0. The van der Waals surface area contributed by atoms with Crippen molar-refractivity contribution in [2.75, 3.05) is 32.7 Å². The number of methoxy groups -OCH3 is 2. The van der Waals surface area contributed by atoms with E-state index in [1.165, 1.54) is 0 Å². The van der Waals surface area contributed by atoms with Gasteiger partial charge in [-0.25, -0.2) is 15.0 Å². The first kappa shape index (κ1) is 23.3. The lowest BCUT2D eigenvalue weighted by Gasteiger charge is -2.12. The fourth-order valence-corrected chi connectivity index (χ4v) is 5.45. The van der Waals surface area contributed by atoms with E-state index in [-0.39, 0.29) is 0 Å². The van der Waals surface area contributed by atoms with Crippen LogP contribution in [0.5, 0.6) is 5.75 Å². The molecule has 0 amide bonds. The van der Waals surface area contributed by atoms with Gasteiger partial charge in [0.05, 0.1) is 19.1 Å². The molecule has 3 heterocycles. The van der Waals surface area contributed by atoms with Crippen LogP contribution in [0.4, 0.5) is 5.82 Å². The van der Waals surface area contributed by atoms with Gasteiger partial charge in [-0.1, -0.05) is 41.9 Å². The fourth-order valence-electron chi connectivity index (χ4n) is 3.96. The number of rotatable bonds is 8. The van der Waals surface area contributed by atoms with Crippen LogP contribution in [0, 0.1) is 0 Å². The molecule has 1 N–H and O–H groups in total. The summed E-state index contributed by atoms with van der Waals surface area (Å²) in [5.41, 5.74) is 2.96. The molecule has 0 aliphatic rings. The molecular weight excluding hydrogens is 482 g/mol. The minimum absolute atomic E-state index is 0.544. The topological polar surface area (TPSA) is 74.1 Å². The van der Waals surface area contributed by atoms with Gasteiger partial charge in [0.15, 0.2) is 11.6 Å². The second-order valence-electron chi connectivity index (χ2n) is 7.88. The van der Waals surface area contributed by atoms with Crippen LogP contribution in [-0.2, 0) is 11.8 Å². The average molecular weight is 506 g/mol. The Balaban J connectivity index is 1.83. The van der Waals surface area contributed by atoms with E-state index in [9.17, 15) is 0 Å². The Kier molecular flexibility index (Phi) is 6.68. The van der Waals surface area contributed by atoms with Crippen LogP contribution in [0.15, 0.2) is 60.9 Å². The van der Waals surface area contributed by atoms with Gasteiger partial charge in [0.2, 0.25) is 0 Å². The van der Waals surface area contributed by atoms with Crippen LogP contribution >= 0.6 is 22.9 Å². The monoisotopic (exact) mass is 505 g/mol. The van der Waals surface area contributed by atoms with Gasteiger partial charge in [0.25, 0.3) is 0 Å². The molecule has 0 bridgehead atoms. The number of fused-ring (bicyclic) bond motifs is 1. The van der Waals surface area contributed by atoms with Crippen molar-refractivity contribution < 1.29 is 9.47 Å². The van der Waals surface area contributed by atoms with Gasteiger partial charge in [-0.2, -0.15) is 0 Å². The van der Waals surface area contributed by atoms with Crippen molar-refractivity contribution in [2.45, 2.75) is 0 Å². The lowest BCUT2D eigenvalue weighted by atomic mass is 9.99. The van der Waals surface area contributed by atoms with Gasteiger partial charge in [-0.3, -0.25) is 0 Å². The van der Waals surface area contributed by atoms with E-state index < -0.39 is 0 Å². The van der Waals surface area contributed by atoms with Crippen LogP contribution in [0.2, 0.25) is 5.02 Å². The Morgan fingerprint density at radius 2 is 1.91 bits per heavy atom. The van der Waals surface area contributed by atoms with E-state index in [1.807, 2.05) is 54.2 Å². The highest BCUT2D eigenvalue weighted by atomic mass is 35.5. The number of benzene rings is 2. The number of hydrogen-bond donors (Lipinski definition) is 1. The summed E-state index contributed by atoms with van der Waals surface area (Å²) < 4.78 is 12.7. The highest BCUT2D eigenvalue weighted by Gasteiger charge is 2.24. The zero-order chi connectivity index (χ0) is 24.4. The van der Waals surface area contributed by atoms with Gasteiger partial charge in [0.1, 0.15) is 16.4 Å². The molecule has 35 heavy (non-hydrogen) atoms. The zero-order valence-corrected chi connectivity index (χ0v) is 21.2. The molecule has 0 aliphatic carbocycles. The fraction of sp³-hybridized carbons (Fsp3) is 0.192. The molecule has 0 saturated carbocycles. The average Bonchev–Trinajstić information content (AvgIpc) is 3.48. The number of imidazole rings is 1. The maximum absolute atomic E-state index is 6.72.